The van der Waals surface area contributed by atoms with Crippen molar-refractivity contribution in [1.82, 2.24) is 5.32 Å². The Labute approximate surface area is 124 Å². The van der Waals surface area contributed by atoms with Gasteiger partial charge in [-0.3, -0.25) is 4.79 Å². The first-order chi connectivity index (χ1) is 8.90. The van der Waals surface area contributed by atoms with Gasteiger partial charge in [-0.1, -0.05) is 34.8 Å². The van der Waals surface area contributed by atoms with Gasteiger partial charge in [-0.25, -0.2) is 4.79 Å². The number of nitrogens with one attached hydrogen (secondary N) is 2. The second-order valence-corrected chi connectivity index (χ2v) is 4.87. The van der Waals surface area contributed by atoms with Crippen LogP contribution in [0.2, 0.25) is 15.1 Å². The molecule has 1 aromatic rings. The van der Waals surface area contributed by atoms with Gasteiger partial charge in [-0.2, -0.15) is 0 Å². The third-order valence-electron chi connectivity index (χ3n) is 2.10. The summed E-state index contributed by atoms with van der Waals surface area (Å²) < 4.78 is 0. The second-order valence-electron chi connectivity index (χ2n) is 3.62. The topological polar surface area (TPSA) is 78.4 Å². The molecule has 0 aliphatic heterocycles. The molecule has 104 valence electrons. The molecule has 3 N–H and O–H groups in total. The lowest BCUT2D eigenvalue weighted by Crippen LogP contribution is -2.30. The minimum absolute atomic E-state index is 0.0112. The third kappa shape index (κ3) is 5.55. The normalized spacial score (nSPS) is 10.1. The van der Waals surface area contributed by atoms with E-state index < -0.39 is 12.0 Å². The summed E-state index contributed by atoms with van der Waals surface area (Å²) in [6.45, 7) is 0.237. The Kier molecular flexibility index (Phi) is 6.21. The van der Waals surface area contributed by atoms with Crippen LogP contribution < -0.4 is 10.6 Å². The number of hydrogen-bond donors (Lipinski definition) is 3. The Bertz CT molecular complexity index is 471. The number of carbonyl (C=O) groups excluding carboxylic acids is 1. The van der Waals surface area contributed by atoms with Gasteiger partial charge in [0.15, 0.2) is 0 Å². The molecule has 0 heterocycles. The van der Waals surface area contributed by atoms with Crippen molar-refractivity contribution in [1.29, 1.82) is 0 Å². The monoisotopic (exact) mass is 324 g/mol. The number of benzene rings is 1. The zero-order valence-electron chi connectivity index (χ0n) is 9.67. The minimum Gasteiger partial charge on any atom is -0.481 e. The van der Waals surface area contributed by atoms with Crippen LogP contribution in [0.25, 0.3) is 0 Å². The van der Waals surface area contributed by atoms with Gasteiger partial charge in [-0.05, 0) is 18.6 Å². The van der Waals surface area contributed by atoms with Crippen molar-refractivity contribution in [2.24, 2.45) is 0 Å². The molecular weight excluding hydrogens is 314 g/mol. The molecule has 2 amide bonds. The van der Waals surface area contributed by atoms with Gasteiger partial charge >= 0.3 is 12.0 Å². The molecule has 0 bridgehead atoms. The molecule has 0 fully saturated rings. The fourth-order valence-electron chi connectivity index (χ4n) is 1.26. The quantitative estimate of drug-likeness (QED) is 0.723. The van der Waals surface area contributed by atoms with E-state index in [0.717, 1.165) is 0 Å². The Morgan fingerprint density at radius 1 is 1.16 bits per heavy atom. The van der Waals surface area contributed by atoms with Crippen molar-refractivity contribution in [3.63, 3.8) is 0 Å². The molecule has 0 atom stereocenters. The molecule has 19 heavy (non-hydrogen) atoms. The van der Waals surface area contributed by atoms with Crippen LogP contribution in [0, 0.1) is 0 Å². The molecule has 0 spiro atoms. The molecule has 0 aliphatic carbocycles. The number of aliphatic carboxylic acids is 1. The van der Waals surface area contributed by atoms with Gasteiger partial charge in [0, 0.05) is 18.0 Å². The van der Waals surface area contributed by atoms with Gasteiger partial charge in [0.25, 0.3) is 0 Å². The Morgan fingerprint density at radius 2 is 1.74 bits per heavy atom. The van der Waals surface area contributed by atoms with Gasteiger partial charge in [0.2, 0.25) is 0 Å². The van der Waals surface area contributed by atoms with Crippen molar-refractivity contribution in [3.8, 4) is 0 Å². The maximum Gasteiger partial charge on any atom is 0.319 e. The van der Waals surface area contributed by atoms with Crippen molar-refractivity contribution < 1.29 is 14.7 Å². The van der Waals surface area contributed by atoms with Crippen LogP contribution in [0.5, 0.6) is 0 Å². The highest BCUT2D eigenvalue weighted by Gasteiger charge is 2.10. The van der Waals surface area contributed by atoms with Crippen molar-refractivity contribution in [2.75, 3.05) is 11.9 Å². The van der Waals surface area contributed by atoms with E-state index in [1.807, 2.05) is 0 Å². The first kappa shape index (κ1) is 15.9. The summed E-state index contributed by atoms with van der Waals surface area (Å²) in [7, 11) is 0. The Balaban J connectivity index is 2.51. The highest BCUT2D eigenvalue weighted by atomic mass is 35.5. The third-order valence-corrected chi connectivity index (χ3v) is 2.91. The second kappa shape index (κ2) is 7.43. The number of carboxylic acids is 1. The predicted octanol–water partition coefficient (Wildman–Crippen LogP) is 3.63. The molecule has 8 heteroatoms. The molecule has 1 rings (SSSR count). The number of rotatable bonds is 5. The lowest BCUT2D eigenvalue weighted by Gasteiger charge is -2.10. The molecule has 0 aliphatic rings. The molecule has 1 aromatic carbocycles. The zero-order chi connectivity index (χ0) is 14.4. The van der Waals surface area contributed by atoms with Crippen molar-refractivity contribution >= 4 is 52.5 Å². The largest absolute Gasteiger partial charge is 0.481 e. The van der Waals surface area contributed by atoms with E-state index in [0.29, 0.717) is 11.4 Å². The standard InChI is InChI=1S/C11H11Cl3N2O3/c12-6-4-7(13)10(8(14)5-6)16-11(19)15-3-1-2-9(17)18/h4-5H,1-3H2,(H,17,18)(H2,15,16,19). The molecule has 0 saturated carbocycles. The van der Waals surface area contributed by atoms with E-state index in [4.69, 9.17) is 39.9 Å². The van der Waals surface area contributed by atoms with Crippen LogP contribution in [0.15, 0.2) is 12.1 Å². The highest BCUT2D eigenvalue weighted by Crippen LogP contribution is 2.33. The van der Waals surface area contributed by atoms with Crippen LogP contribution in [0.1, 0.15) is 12.8 Å². The Morgan fingerprint density at radius 3 is 2.26 bits per heavy atom. The molecular formula is C11H11Cl3N2O3. The molecule has 0 aromatic heterocycles. The molecule has 0 saturated heterocycles. The number of halogens is 3. The van der Waals surface area contributed by atoms with Crippen LogP contribution in [-0.4, -0.2) is 23.7 Å². The summed E-state index contributed by atoms with van der Waals surface area (Å²) in [5, 5.41) is 14.2. The number of carboxylic acid groups (broad SMARTS) is 1. The van der Waals surface area contributed by atoms with E-state index in [1.54, 1.807) is 0 Å². The summed E-state index contributed by atoms with van der Waals surface area (Å²) in [6, 6.07) is 2.39. The smallest absolute Gasteiger partial charge is 0.319 e. The number of amides is 2. The summed E-state index contributed by atoms with van der Waals surface area (Å²) in [4.78, 5) is 21.8. The first-order valence-corrected chi connectivity index (χ1v) is 6.44. The fraction of sp³-hybridized carbons (Fsp3) is 0.273. The van der Waals surface area contributed by atoms with Gasteiger partial charge in [-0.15, -0.1) is 0 Å². The first-order valence-electron chi connectivity index (χ1n) is 5.31. The summed E-state index contributed by atoms with van der Waals surface area (Å²) >= 11 is 17.5. The number of anilines is 1. The van der Waals surface area contributed by atoms with Crippen LogP contribution in [0.4, 0.5) is 10.5 Å². The van der Waals surface area contributed by atoms with Crippen LogP contribution >= 0.6 is 34.8 Å². The average Bonchev–Trinajstić information content (AvgIpc) is 2.29. The molecule has 0 unspecified atom stereocenters. The lowest BCUT2D eigenvalue weighted by atomic mass is 10.3. The van der Waals surface area contributed by atoms with Crippen molar-refractivity contribution in [3.05, 3.63) is 27.2 Å². The summed E-state index contributed by atoms with van der Waals surface area (Å²) in [6.07, 6.45) is 0.327. The number of hydrogen-bond acceptors (Lipinski definition) is 2. The summed E-state index contributed by atoms with van der Waals surface area (Å²) in [5.41, 5.74) is 0.253. The van der Waals surface area contributed by atoms with Crippen LogP contribution in [0.3, 0.4) is 0 Å². The Hall–Kier alpha value is -1.17. The van der Waals surface area contributed by atoms with Crippen LogP contribution in [-0.2, 0) is 4.79 Å². The van der Waals surface area contributed by atoms with Crippen molar-refractivity contribution in [2.45, 2.75) is 12.8 Å². The van der Waals surface area contributed by atoms with E-state index in [9.17, 15) is 9.59 Å². The number of carbonyl (C=O) groups is 2. The lowest BCUT2D eigenvalue weighted by molar-refractivity contribution is -0.137. The van der Waals surface area contributed by atoms with Gasteiger partial charge in [0.1, 0.15) is 0 Å². The summed E-state index contributed by atoms with van der Waals surface area (Å²) in [5.74, 6) is -0.911. The maximum atomic E-state index is 11.5. The van der Waals surface area contributed by atoms with E-state index >= 15 is 0 Å². The number of urea groups is 1. The minimum atomic E-state index is -0.911. The van der Waals surface area contributed by atoms with Gasteiger partial charge < -0.3 is 15.7 Å². The molecule has 5 nitrogen and oxygen atoms in total. The fourth-order valence-corrected chi connectivity index (χ4v) is 2.17. The van der Waals surface area contributed by atoms with E-state index in [1.165, 1.54) is 12.1 Å². The SMILES string of the molecule is O=C(O)CCCNC(=O)Nc1c(Cl)cc(Cl)cc1Cl. The molecule has 0 radical (unpaired) electrons. The highest BCUT2D eigenvalue weighted by molar-refractivity contribution is 6.42. The zero-order valence-corrected chi connectivity index (χ0v) is 11.9. The average molecular weight is 326 g/mol. The predicted molar refractivity (Wildman–Crippen MR) is 75.4 cm³/mol. The van der Waals surface area contributed by atoms with E-state index in [-0.39, 0.29) is 28.7 Å². The maximum absolute atomic E-state index is 11.5. The van der Waals surface area contributed by atoms with E-state index in [2.05, 4.69) is 10.6 Å². The van der Waals surface area contributed by atoms with Gasteiger partial charge in [0.05, 0.1) is 15.7 Å².